The van der Waals surface area contributed by atoms with Crippen molar-refractivity contribution in [2.24, 2.45) is 5.92 Å². The lowest BCUT2D eigenvalue weighted by molar-refractivity contribution is -0.126. The van der Waals surface area contributed by atoms with E-state index in [1.165, 1.54) is 0 Å². The summed E-state index contributed by atoms with van der Waals surface area (Å²) in [5.41, 5.74) is 1.92. The monoisotopic (exact) mass is 327 g/mol. The average Bonchev–Trinajstić information content (AvgIpc) is 2.32. The van der Waals surface area contributed by atoms with E-state index in [1.807, 2.05) is 25.1 Å². The minimum Gasteiger partial charge on any atom is -0.369 e. The third kappa shape index (κ3) is 5.74. The summed E-state index contributed by atoms with van der Waals surface area (Å²) >= 11 is 3.44. The molecule has 1 aromatic rings. The number of ether oxygens (including phenoxy) is 1. The minimum atomic E-state index is -0.438. The third-order valence-electron chi connectivity index (χ3n) is 2.81. The molecule has 0 aliphatic rings. The van der Waals surface area contributed by atoms with Crippen molar-refractivity contribution in [3.05, 3.63) is 28.2 Å². The molecule has 0 aliphatic heterocycles. The summed E-state index contributed by atoms with van der Waals surface area (Å²) in [5, 5.41) is 2.86. The van der Waals surface area contributed by atoms with Gasteiger partial charge in [-0.15, -0.1) is 0 Å². The quantitative estimate of drug-likeness (QED) is 0.852. The lowest BCUT2D eigenvalue weighted by Gasteiger charge is -2.15. The van der Waals surface area contributed by atoms with Crippen LogP contribution in [0.3, 0.4) is 0 Å². The number of benzene rings is 1. The molecule has 1 rings (SSSR count). The molecule has 0 bridgehead atoms. The number of aryl methyl sites for hydroxylation is 1. The zero-order valence-electron chi connectivity index (χ0n) is 12.0. The van der Waals surface area contributed by atoms with Gasteiger partial charge < -0.3 is 10.1 Å². The Balaban J connectivity index is 2.49. The van der Waals surface area contributed by atoms with E-state index in [-0.39, 0.29) is 5.91 Å². The highest BCUT2D eigenvalue weighted by atomic mass is 79.9. The second-order valence-corrected chi connectivity index (χ2v) is 6.02. The van der Waals surface area contributed by atoms with Crippen LogP contribution in [0, 0.1) is 12.8 Å². The molecule has 106 valence electrons. The maximum atomic E-state index is 12.0. The Morgan fingerprint density at radius 3 is 2.63 bits per heavy atom. The number of rotatable bonds is 6. The van der Waals surface area contributed by atoms with E-state index in [9.17, 15) is 4.79 Å². The van der Waals surface area contributed by atoms with Gasteiger partial charge in [0.2, 0.25) is 0 Å². The summed E-state index contributed by atoms with van der Waals surface area (Å²) in [5.74, 6) is 0.467. The van der Waals surface area contributed by atoms with Crippen LogP contribution in [0.15, 0.2) is 22.7 Å². The predicted molar refractivity (Wildman–Crippen MR) is 82.4 cm³/mol. The number of amides is 1. The molecule has 1 aromatic carbocycles. The molecule has 0 fully saturated rings. The van der Waals surface area contributed by atoms with Crippen LogP contribution < -0.4 is 5.32 Å². The Morgan fingerprint density at radius 1 is 1.37 bits per heavy atom. The van der Waals surface area contributed by atoms with Gasteiger partial charge in [-0.25, -0.2) is 0 Å². The highest BCUT2D eigenvalue weighted by Gasteiger charge is 2.14. The lowest BCUT2D eigenvalue weighted by Crippen LogP contribution is -2.28. The van der Waals surface area contributed by atoms with Gasteiger partial charge in [0.15, 0.2) is 0 Å². The fourth-order valence-electron chi connectivity index (χ4n) is 1.51. The number of hydrogen-bond acceptors (Lipinski definition) is 2. The highest BCUT2D eigenvalue weighted by Crippen LogP contribution is 2.23. The van der Waals surface area contributed by atoms with Crippen molar-refractivity contribution in [3.63, 3.8) is 0 Å². The van der Waals surface area contributed by atoms with Gasteiger partial charge in [-0.2, -0.15) is 0 Å². The van der Waals surface area contributed by atoms with Crippen molar-refractivity contribution < 1.29 is 9.53 Å². The Labute approximate surface area is 123 Å². The fourth-order valence-corrected chi connectivity index (χ4v) is 2.10. The first-order chi connectivity index (χ1) is 8.90. The minimum absolute atomic E-state index is 0.117. The molecule has 3 nitrogen and oxygen atoms in total. The summed E-state index contributed by atoms with van der Waals surface area (Å²) in [6, 6.07) is 5.82. The smallest absolute Gasteiger partial charge is 0.253 e. The van der Waals surface area contributed by atoms with Crippen molar-refractivity contribution in [3.8, 4) is 0 Å². The summed E-state index contributed by atoms with van der Waals surface area (Å²) in [6.45, 7) is 8.67. The summed E-state index contributed by atoms with van der Waals surface area (Å²) in [7, 11) is 0. The van der Waals surface area contributed by atoms with Crippen LogP contribution in [-0.2, 0) is 9.53 Å². The van der Waals surface area contributed by atoms with Gasteiger partial charge in [-0.1, -0.05) is 19.9 Å². The van der Waals surface area contributed by atoms with Gasteiger partial charge >= 0.3 is 0 Å². The van der Waals surface area contributed by atoms with Gasteiger partial charge in [0.25, 0.3) is 5.91 Å². The van der Waals surface area contributed by atoms with E-state index in [4.69, 9.17) is 4.74 Å². The topological polar surface area (TPSA) is 38.3 Å². The molecular formula is C15H22BrNO2. The van der Waals surface area contributed by atoms with Gasteiger partial charge in [0.1, 0.15) is 6.10 Å². The second kappa shape index (κ2) is 7.65. The standard InChI is InChI=1S/C15H22BrNO2/c1-10(2)7-8-19-12(4)15(18)17-14-6-5-11(3)9-13(14)16/h5-6,9-10,12H,7-8H2,1-4H3,(H,17,18)/t12-/m0/s1. The Hall–Kier alpha value is -0.870. The molecule has 1 atom stereocenters. The van der Waals surface area contributed by atoms with Crippen LogP contribution in [0.4, 0.5) is 5.69 Å². The van der Waals surface area contributed by atoms with Crippen molar-refractivity contribution in [1.29, 1.82) is 0 Å². The zero-order valence-corrected chi connectivity index (χ0v) is 13.6. The Bertz CT molecular complexity index is 432. The van der Waals surface area contributed by atoms with Crippen LogP contribution in [0.25, 0.3) is 0 Å². The molecule has 4 heteroatoms. The average molecular weight is 328 g/mol. The molecule has 0 heterocycles. The van der Waals surface area contributed by atoms with Gasteiger partial charge in [-0.3, -0.25) is 4.79 Å². The van der Waals surface area contributed by atoms with Crippen LogP contribution in [0.5, 0.6) is 0 Å². The molecule has 0 aliphatic carbocycles. The van der Waals surface area contributed by atoms with Crippen molar-refractivity contribution in [2.45, 2.75) is 40.2 Å². The molecule has 1 N–H and O–H groups in total. The molecule has 0 unspecified atom stereocenters. The van der Waals surface area contributed by atoms with Gasteiger partial charge in [0.05, 0.1) is 5.69 Å². The summed E-state index contributed by atoms with van der Waals surface area (Å²) in [6.07, 6.45) is 0.526. The van der Waals surface area contributed by atoms with E-state index in [0.717, 1.165) is 22.1 Å². The maximum Gasteiger partial charge on any atom is 0.253 e. The van der Waals surface area contributed by atoms with Gasteiger partial charge in [-0.05, 0) is 59.8 Å². The molecule has 0 spiro atoms. The molecule has 19 heavy (non-hydrogen) atoms. The van der Waals surface area contributed by atoms with E-state index in [1.54, 1.807) is 6.92 Å². The molecule has 0 saturated carbocycles. The van der Waals surface area contributed by atoms with Gasteiger partial charge in [0, 0.05) is 11.1 Å². The largest absolute Gasteiger partial charge is 0.369 e. The highest BCUT2D eigenvalue weighted by molar-refractivity contribution is 9.10. The number of halogens is 1. The molecule has 1 amide bonds. The Kier molecular flexibility index (Phi) is 6.52. The van der Waals surface area contributed by atoms with Crippen LogP contribution in [0.2, 0.25) is 0 Å². The van der Waals surface area contributed by atoms with Crippen LogP contribution >= 0.6 is 15.9 Å². The molecular weight excluding hydrogens is 306 g/mol. The maximum absolute atomic E-state index is 12.0. The number of nitrogens with one attached hydrogen (secondary N) is 1. The number of carbonyl (C=O) groups excluding carboxylic acids is 1. The predicted octanol–water partition coefficient (Wildman–Crippen LogP) is 4.15. The first-order valence-corrected chi connectivity index (χ1v) is 7.38. The lowest BCUT2D eigenvalue weighted by atomic mass is 10.1. The second-order valence-electron chi connectivity index (χ2n) is 5.17. The fraction of sp³-hybridized carbons (Fsp3) is 0.533. The first-order valence-electron chi connectivity index (χ1n) is 6.58. The number of hydrogen-bond donors (Lipinski definition) is 1. The van der Waals surface area contributed by atoms with Crippen molar-refractivity contribution >= 4 is 27.5 Å². The van der Waals surface area contributed by atoms with Crippen molar-refractivity contribution in [1.82, 2.24) is 0 Å². The molecule has 0 radical (unpaired) electrons. The summed E-state index contributed by atoms with van der Waals surface area (Å²) < 4.78 is 6.41. The molecule has 0 saturated heterocycles. The summed E-state index contributed by atoms with van der Waals surface area (Å²) in [4.78, 5) is 12.0. The number of carbonyl (C=O) groups is 1. The van der Waals surface area contributed by atoms with E-state index >= 15 is 0 Å². The van der Waals surface area contributed by atoms with E-state index < -0.39 is 6.10 Å². The molecule has 0 aromatic heterocycles. The SMILES string of the molecule is Cc1ccc(NC(=O)[C@H](C)OCCC(C)C)c(Br)c1. The Morgan fingerprint density at radius 2 is 2.05 bits per heavy atom. The number of anilines is 1. The van der Waals surface area contributed by atoms with Crippen LogP contribution in [0.1, 0.15) is 32.8 Å². The van der Waals surface area contributed by atoms with Crippen molar-refractivity contribution in [2.75, 3.05) is 11.9 Å². The van der Waals surface area contributed by atoms with Crippen LogP contribution in [-0.4, -0.2) is 18.6 Å². The van der Waals surface area contributed by atoms with E-state index in [2.05, 4.69) is 35.1 Å². The normalized spacial score (nSPS) is 12.5. The zero-order chi connectivity index (χ0) is 14.4. The first kappa shape index (κ1) is 16.2. The van der Waals surface area contributed by atoms with E-state index in [0.29, 0.717) is 12.5 Å². The third-order valence-corrected chi connectivity index (χ3v) is 3.47.